The van der Waals surface area contributed by atoms with Crippen molar-refractivity contribution in [3.8, 4) is 0 Å². The van der Waals surface area contributed by atoms with Crippen LogP contribution in [0.15, 0.2) is 60.7 Å². The van der Waals surface area contributed by atoms with Gasteiger partial charge in [-0.15, -0.1) is 0 Å². The molecule has 0 aromatic heterocycles. The van der Waals surface area contributed by atoms with Crippen LogP contribution in [0.2, 0.25) is 0 Å². The molecule has 7 nitrogen and oxygen atoms in total. The smallest absolute Gasteiger partial charge is 0.408 e. The van der Waals surface area contributed by atoms with Gasteiger partial charge in [-0.25, -0.2) is 4.79 Å². The third-order valence-electron chi connectivity index (χ3n) is 4.05. The Morgan fingerprint density at radius 1 is 0.867 bits per heavy atom. The minimum absolute atomic E-state index is 0.188. The number of rotatable bonds is 8. The number of ether oxygens (including phenoxy) is 1. The van der Waals surface area contributed by atoms with E-state index in [0.717, 1.165) is 11.1 Å². The van der Waals surface area contributed by atoms with Crippen LogP contribution in [0.3, 0.4) is 0 Å². The number of carbonyl (C=O) groups is 3. The summed E-state index contributed by atoms with van der Waals surface area (Å²) in [4.78, 5) is 36.9. The normalized spacial score (nSPS) is 11.8. The molecule has 3 N–H and O–H groups in total. The summed E-state index contributed by atoms with van der Waals surface area (Å²) in [5.41, 5.74) is 1.16. The predicted molar refractivity (Wildman–Crippen MR) is 115 cm³/mol. The van der Waals surface area contributed by atoms with Crippen molar-refractivity contribution in [1.82, 2.24) is 16.0 Å². The SMILES string of the molecule is CC(C)(C)OC(=O)N[C@@H](Cc1ccccc1)C(=O)NCC(=O)NCc1ccccc1. The Morgan fingerprint density at radius 2 is 1.43 bits per heavy atom. The van der Waals surface area contributed by atoms with Crippen LogP contribution in [-0.4, -0.2) is 36.1 Å². The van der Waals surface area contributed by atoms with Crippen molar-refractivity contribution in [2.75, 3.05) is 6.54 Å². The Morgan fingerprint density at radius 3 is 2.00 bits per heavy atom. The molecule has 7 heteroatoms. The third kappa shape index (κ3) is 8.77. The van der Waals surface area contributed by atoms with Gasteiger partial charge in [0.2, 0.25) is 11.8 Å². The highest BCUT2D eigenvalue weighted by molar-refractivity contribution is 5.89. The maximum absolute atomic E-state index is 12.7. The molecule has 2 aromatic rings. The first-order chi connectivity index (χ1) is 14.2. The van der Waals surface area contributed by atoms with E-state index in [9.17, 15) is 14.4 Å². The fourth-order valence-corrected chi connectivity index (χ4v) is 2.66. The predicted octanol–water partition coefficient (Wildman–Crippen LogP) is 2.56. The van der Waals surface area contributed by atoms with Gasteiger partial charge in [-0.1, -0.05) is 60.7 Å². The van der Waals surface area contributed by atoms with Crippen LogP contribution in [0, 0.1) is 0 Å². The van der Waals surface area contributed by atoms with Gasteiger partial charge in [0.05, 0.1) is 6.54 Å². The van der Waals surface area contributed by atoms with Crippen LogP contribution in [0.5, 0.6) is 0 Å². The van der Waals surface area contributed by atoms with Crippen LogP contribution in [0.25, 0.3) is 0 Å². The zero-order chi connectivity index (χ0) is 22.0. The lowest BCUT2D eigenvalue weighted by atomic mass is 10.1. The van der Waals surface area contributed by atoms with Gasteiger partial charge in [-0.2, -0.15) is 0 Å². The summed E-state index contributed by atoms with van der Waals surface area (Å²) < 4.78 is 5.26. The number of hydrogen-bond acceptors (Lipinski definition) is 4. The van der Waals surface area contributed by atoms with Crippen molar-refractivity contribution >= 4 is 17.9 Å². The summed E-state index contributed by atoms with van der Waals surface area (Å²) in [6.45, 7) is 5.42. The molecular weight excluding hydrogens is 382 g/mol. The molecule has 0 bridgehead atoms. The number of nitrogens with one attached hydrogen (secondary N) is 3. The number of hydrogen-bond donors (Lipinski definition) is 3. The van der Waals surface area contributed by atoms with E-state index in [4.69, 9.17) is 4.74 Å². The first-order valence-electron chi connectivity index (χ1n) is 9.85. The van der Waals surface area contributed by atoms with Gasteiger partial charge in [-0.05, 0) is 31.9 Å². The molecule has 160 valence electrons. The summed E-state index contributed by atoms with van der Waals surface area (Å²) >= 11 is 0. The van der Waals surface area contributed by atoms with Crippen molar-refractivity contribution in [1.29, 1.82) is 0 Å². The van der Waals surface area contributed by atoms with Crippen LogP contribution < -0.4 is 16.0 Å². The summed E-state index contributed by atoms with van der Waals surface area (Å²) in [6.07, 6.45) is -0.413. The van der Waals surface area contributed by atoms with Crippen LogP contribution in [-0.2, 0) is 27.3 Å². The molecule has 2 rings (SSSR count). The number of amides is 3. The molecule has 0 heterocycles. The van der Waals surface area contributed by atoms with E-state index in [1.165, 1.54) is 0 Å². The highest BCUT2D eigenvalue weighted by Crippen LogP contribution is 2.08. The summed E-state index contributed by atoms with van der Waals surface area (Å²) in [5.74, 6) is -0.775. The second kappa shape index (κ2) is 11.0. The second-order valence-corrected chi connectivity index (χ2v) is 7.87. The van der Waals surface area contributed by atoms with E-state index in [1.807, 2.05) is 60.7 Å². The van der Waals surface area contributed by atoms with Gasteiger partial charge in [0.25, 0.3) is 0 Å². The van der Waals surface area contributed by atoms with Crippen LogP contribution >= 0.6 is 0 Å². The molecule has 0 unspecified atom stereocenters. The van der Waals surface area contributed by atoms with Gasteiger partial charge in [0.15, 0.2) is 0 Å². The van der Waals surface area contributed by atoms with E-state index < -0.39 is 23.6 Å². The number of alkyl carbamates (subject to hydrolysis) is 1. The molecule has 0 fully saturated rings. The molecular formula is C23H29N3O4. The first-order valence-corrected chi connectivity index (χ1v) is 9.85. The molecule has 0 aliphatic carbocycles. The van der Waals surface area contributed by atoms with Gasteiger partial charge >= 0.3 is 6.09 Å². The first kappa shape index (κ1) is 22.9. The van der Waals surface area contributed by atoms with Crippen molar-refractivity contribution in [2.45, 2.75) is 45.4 Å². The largest absolute Gasteiger partial charge is 0.444 e. The topological polar surface area (TPSA) is 96.5 Å². The number of benzene rings is 2. The van der Waals surface area contributed by atoms with Crippen LogP contribution in [0.1, 0.15) is 31.9 Å². The zero-order valence-corrected chi connectivity index (χ0v) is 17.6. The minimum Gasteiger partial charge on any atom is -0.444 e. The highest BCUT2D eigenvalue weighted by Gasteiger charge is 2.25. The standard InChI is InChI=1S/C23H29N3O4/c1-23(2,3)30-22(29)26-19(14-17-10-6-4-7-11-17)21(28)25-16-20(27)24-15-18-12-8-5-9-13-18/h4-13,19H,14-16H2,1-3H3,(H,24,27)(H,25,28)(H,26,29)/t19-/m0/s1. The van der Waals surface area contributed by atoms with Crippen molar-refractivity contribution in [3.63, 3.8) is 0 Å². The maximum Gasteiger partial charge on any atom is 0.408 e. The lowest BCUT2D eigenvalue weighted by Crippen LogP contribution is -2.51. The monoisotopic (exact) mass is 411 g/mol. The summed E-state index contributed by atoms with van der Waals surface area (Å²) in [7, 11) is 0. The Balaban J connectivity index is 1.92. The Hall–Kier alpha value is -3.35. The molecule has 2 aromatic carbocycles. The lowest BCUT2D eigenvalue weighted by molar-refractivity contribution is -0.127. The van der Waals surface area contributed by atoms with Gasteiger partial charge in [-0.3, -0.25) is 9.59 Å². The Bertz CT molecular complexity index is 833. The van der Waals surface area contributed by atoms with E-state index in [-0.39, 0.29) is 18.9 Å². The van der Waals surface area contributed by atoms with E-state index in [2.05, 4.69) is 16.0 Å². The van der Waals surface area contributed by atoms with Crippen molar-refractivity contribution < 1.29 is 19.1 Å². The van der Waals surface area contributed by atoms with E-state index >= 15 is 0 Å². The van der Waals surface area contributed by atoms with Crippen molar-refractivity contribution in [2.24, 2.45) is 0 Å². The molecule has 0 aliphatic rings. The van der Waals surface area contributed by atoms with Crippen LogP contribution in [0.4, 0.5) is 4.79 Å². The maximum atomic E-state index is 12.7. The molecule has 0 spiro atoms. The average molecular weight is 412 g/mol. The molecule has 3 amide bonds. The summed E-state index contributed by atoms with van der Waals surface area (Å²) in [5, 5.41) is 7.93. The Kier molecular flexibility index (Phi) is 8.41. The van der Waals surface area contributed by atoms with Crippen molar-refractivity contribution in [3.05, 3.63) is 71.8 Å². The quantitative estimate of drug-likeness (QED) is 0.622. The van der Waals surface area contributed by atoms with Gasteiger partial charge in [0, 0.05) is 13.0 Å². The average Bonchev–Trinajstić information content (AvgIpc) is 2.70. The fourth-order valence-electron chi connectivity index (χ4n) is 2.66. The van der Waals surface area contributed by atoms with E-state index in [0.29, 0.717) is 6.54 Å². The van der Waals surface area contributed by atoms with Gasteiger partial charge in [0.1, 0.15) is 11.6 Å². The van der Waals surface area contributed by atoms with Gasteiger partial charge < -0.3 is 20.7 Å². The summed E-state index contributed by atoms with van der Waals surface area (Å²) in [6, 6.07) is 17.9. The molecule has 0 saturated heterocycles. The Labute approximate surface area is 177 Å². The zero-order valence-electron chi connectivity index (χ0n) is 17.6. The minimum atomic E-state index is -0.871. The second-order valence-electron chi connectivity index (χ2n) is 7.87. The highest BCUT2D eigenvalue weighted by atomic mass is 16.6. The third-order valence-corrected chi connectivity index (χ3v) is 4.05. The fraction of sp³-hybridized carbons (Fsp3) is 0.348. The lowest BCUT2D eigenvalue weighted by Gasteiger charge is -2.23. The van der Waals surface area contributed by atoms with E-state index in [1.54, 1.807) is 20.8 Å². The number of carbonyl (C=O) groups excluding carboxylic acids is 3. The molecule has 0 saturated carbocycles. The molecule has 0 aliphatic heterocycles. The molecule has 1 atom stereocenters. The molecule has 0 radical (unpaired) electrons. The molecule has 30 heavy (non-hydrogen) atoms.